The van der Waals surface area contributed by atoms with Crippen LogP contribution in [0.5, 0.6) is 0 Å². The van der Waals surface area contributed by atoms with E-state index < -0.39 is 12.0 Å². The molecule has 4 nitrogen and oxygen atoms in total. The monoisotopic (exact) mass is 341 g/mol. The van der Waals surface area contributed by atoms with Gasteiger partial charge in [-0.25, -0.2) is 4.79 Å². The number of methoxy groups -OCH3 is 1. The molecule has 0 bridgehead atoms. The van der Waals surface area contributed by atoms with E-state index in [9.17, 15) is 9.59 Å². The zero-order valence-electron chi connectivity index (χ0n) is 11.6. The molecule has 0 aliphatic heterocycles. The van der Waals surface area contributed by atoms with Crippen molar-refractivity contribution in [3.63, 3.8) is 0 Å². The molecule has 0 unspecified atom stereocenters. The van der Waals surface area contributed by atoms with Crippen molar-refractivity contribution in [2.75, 3.05) is 12.4 Å². The van der Waals surface area contributed by atoms with Crippen molar-refractivity contribution in [1.82, 2.24) is 5.32 Å². The Morgan fingerprint density at radius 3 is 2.55 bits per heavy atom. The predicted octanol–water partition coefficient (Wildman–Crippen LogP) is 2.45. The lowest BCUT2D eigenvalue weighted by molar-refractivity contribution is -0.145. The fraction of sp³-hybridized carbons (Fsp3) is 0.467. The molecule has 20 heavy (non-hydrogen) atoms. The average Bonchev–Trinajstić information content (AvgIpc) is 2.47. The second kappa shape index (κ2) is 9.53. The summed E-state index contributed by atoms with van der Waals surface area (Å²) in [5, 5.41) is 3.63. The van der Waals surface area contributed by atoms with E-state index in [0.717, 1.165) is 23.7 Å². The standard InChI is InChI=1S/C15H20BrNO3/c1-20-15(19)13(11-12-7-3-2-4-8-12)17-14(18)9-5-6-10-16/h2-4,7-8,13H,5-6,9-11H2,1H3,(H,17,18)/t13-/m0/s1. The first kappa shape index (κ1) is 16.7. The van der Waals surface area contributed by atoms with Crippen molar-refractivity contribution >= 4 is 27.8 Å². The van der Waals surface area contributed by atoms with Gasteiger partial charge in [-0.15, -0.1) is 0 Å². The van der Waals surface area contributed by atoms with E-state index in [-0.39, 0.29) is 5.91 Å². The van der Waals surface area contributed by atoms with Gasteiger partial charge in [0, 0.05) is 18.2 Å². The number of rotatable bonds is 8. The zero-order valence-corrected chi connectivity index (χ0v) is 13.2. The van der Waals surface area contributed by atoms with E-state index in [0.29, 0.717) is 12.8 Å². The smallest absolute Gasteiger partial charge is 0.328 e. The van der Waals surface area contributed by atoms with Gasteiger partial charge >= 0.3 is 5.97 Å². The molecule has 110 valence electrons. The van der Waals surface area contributed by atoms with Gasteiger partial charge in [0.05, 0.1) is 7.11 Å². The highest BCUT2D eigenvalue weighted by atomic mass is 79.9. The van der Waals surface area contributed by atoms with E-state index in [1.54, 1.807) is 0 Å². The Labute approximate surface area is 128 Å². The molecule has 0 saturated carbocycles. The number of carbonyl (C=O) groups excluding carboxylic acids is 2. The number of hydrogen-bond donors (Lipinski definition) is 1. The molecule has 5 heteroatoms. The van der Waals surface area contributed by atoms with Gasteiger partial charge in [-0.05, 0) is 18.4 Å². The number of nitrogens with one attached hydrogen (secondary N) is 1. The highest BCUT2D eigenvalue weighted by Gasteiger charge is 2.21. The Morgan fingerprint density at radius 1 is 1.25 bits per heavy atom. The molecule has 0 saturated heterocycles. The summed E-state index contributed by atoms with van der Waals surface area (Å²) < 4.78 is 4.75. The third-order valence-electron chi connectivity index (χ3n) is 2.89. The molecular formula is C15H20BrNO3. The maximum Gasteiger partial charge on any atom is 0.328 e. The van der Waals surface area contributed by atoms with Gasteiger partial charge in [0.15, 0.2) is 0 Å². The number of alkyl halides is 1. The number of benzene rings is 1. The SMILES string of the molecule is COC(=O)[C@H](Cc1ccccc1)NC(=O)CCCCBr. The zero-order chi connectivity index (χ0) is 14.8. The number of unbranched alkanes of at least 4 members (excludes halogenated alkanes) is 1. The van der Waals surface area contributed by atoms with E-state index in [2.05, 4.69) is 21.2 Å². The maximum absolute atomic E-state index is 11.8. The second-order valence-electron chi connectivity index (χ2n) is 4.48. The maximum atomic E-state index is 11.8. The Hall–Kier alpha value is -1.36. The van der Waals surface area contributed by atoms with Crippen LogP contribution in [0.4, 0.5) is 0 Å². The van der Waals surface area contributed by atoms with Crippen LogP contribution in [-0.4, -0.2) is 30.4 Å². The van der Waals surface area contributed by atoms with E-state index in [1.165, 1.54) is 7.11 Å². The van der Waals surface area contributed by atoms with E-state index >= 15 is 0 Å². The minimum atomic E-state index is -0.626. The van der Waals surface area contributed by atoms with Crippen LogP contribution in [0.15, 0.2) is 30.3 Å². The topological polar surface area (TPSA) is 55.4 Å². The first-order valence-electron chi connectivity index (χ1n) is 6.64. The fourth-order valence-corrected chi connectivity index (χ4v) is 2.23. The fourth-order valence-electron chi connectivity index (χ4n) is 1.83. The molecule has 0 spiro atoms. The molecule has 0 radical (unpaired) electrons. The largest absolute Gasteiger partial charge is 0.467 e. The van der Waals surface area contributed by atoms with Gasteiger partial charge in [0.25, 0.3) is 0 Å². The average molecular weight is 342 g/mol. The number of amides is 1. The molecular weight excluding hydrogens is 322 g/mol. The highest BCUT2D eigenvalue weighted by Crippen LogP contribution is 2.06. The summed E-state index contributed by atoms with van der Waals surface area (Å²) in [6.07, 6.45) is 2.61. The number of halogens is 1. The summed E-state index contributed by atoms with van der Waals surface area (Å²) in [6, 6.07) is 8.94. The summed E-state index contributed by atoms with van der Waals surface area (Å²) in [5.41, 5.74) is 0.989. The lowest BCUT2D eigenvalue weighted by Crippen LogP contribution is -2.43. The van der Waals surface area contributed by atoms with Crippen LogP contribution in [0, 0.1) is 0 Å². The minimum absolute atomic E-state index is 0.114. The van der Waals surface area contributed by atoms with Crippen molar-refractivity contribution in [1.29, 1.82) is 0 Å². The first-order chi connectivity index (χ1) is 9.67. The van der Waals surface area contributed by atoms with Crippen LogP contribution in [-0.2, 0) is 20.7 Å². The van der Waals surface area contributed by atoms with Crippen LogP contribution in [0.3, 0.4) is 0 Å². The summed E-state index contributed by atoms with van der Waals surface area (Å²) in [4.78, 5) is 23.5. The second-order valence-corrected chi connectivity index (χ2v) is 5.27. The quantitative estimate of drug-likeness (QED) is 0.449. The molecule has 0 aliphatic rings. The Morgan fingerprint density at radius 2 is 1.95 bits per heavy atom. The molecule has 0 aromatic heterocycles. The van der Waals surface area contributed by atoms with Crippen LogP contribution < -0.4 is 5.32 Å². The molecule has 0 aliphatic carbocycles. The molecule has 0 fully saturated rings. The number of hydrogen-bond acceptors (Lipinski definition) is 3. The van der Waals surface area contributed by atoms with Crippen LogP contribution >= 0.6 is 15.9 Å². The van der Waals surface area contributed by atoms with Crippen LogP contribution in [0.2, 0.25) is 0 Å². The van der Waals surface area contributed by atoms with Crippen molar-refractivity contribution in [2.45, 2.75) is 31.7 Å². The normalized spacial score (nSPS) is 11.7. The molecule has 1 amide bonds. The highest BCUT2D eigenvalue weighted by molar-refractivity contribution is 9.09. The van der Waals surface area contributed by atoms with Gasteiger partial charge in [0.2, 0.25) is 5.91 Å². The van der Waals surface area contributed by atoms with Gasteiger partial charge < -0.3 is 10.1 Å². The molecule has 0 heterocycles. The Bertz CT molecular complexity index is 422. The number of esters is 1. The van der Waals surface area contributed by atoms with E-state index in [1.807, 2.05) is 30.3 Å². The van der Waals surface area contributed by atoms with Crippen LogP contribution in [0.25, 0.3) is 0 Å². The summed E-state index contributed by atoms with van der Waals surface area (Å²) in [7, 11) is 1.33. The van der Waals surface area contributed by atoms with Gasteiger partial charge in [-0.3, -0.25) is 4.79 Å². The van der Waals surface area contributed by atoms with E-state index in [4.69, 9.17) is 4.74 Å². The van der Waals surface area contributed by atoms with Crippen molar-refractivity contribution in [2.24, 2.45) is 0 Å². The van der Waals surface area contributed by atoms with Crippen LogP contribution in [0.1, 0.15) is 24.8 Å². The Balaban J connectivity index is 2.56. The summed E-state index contributed by atoms with van der Waals surface area (Å²) in [5.74, 6) is -0.528. The van der Waals surface area contributed by atoms with Crippen molar-refractivity contribution in [3.05, 3.63) is 35.9 Å². The Kier molecular flexibility index (Phi) is 7.95. The lowest BCUT2D eigenvalue weighted by atomic mass is 10.1. The molecule has 1 N–H and O–H groups in total. The minimum Gasteiger partial charge on any atom is -0.467 e. The van der Waals surface area contributed by atoms with Crippen molar-refractivity contribution in [3.8, 4) is 0 Å². The number of carbonyl (C=O) groups is 2. The molecule has 1 rings (SSSR count). The summed E-state index contributed by atoms with van der Waals surface area (Å²) in [6.45, 7) is 0. The third kappa shape index (κ3) is 6.19. The molecule has 1 aromatic rings. The van der Waals surface area contributed by atoms with Gasteiger partial charge in [-0.1, -0.05) is 46.3 Å². The van der Waals surface area contributed by atoms with Gasteiger partial charge in [-0.2, -0.15) is 0 Å². The summed E-state index contributed by atoms with van der Waals surface area (Å²) >= 11 is 3.32. The molecule has 1 atom stereocenters. The van der Waals surface area contributed by atoms with Crippen molar-refractivity contribution < 1.29 is 14.3 Å². The lowest BCUT2D eigenvalue weighted by Gasteiger charge is -2.16. The van der Waals surface area contributed by atoms with Gasteiger partial charge in [0.1, 0.15) is 6.04 Å². The first-order valence-corrected chi connectivity index (χ1v) is 7.76. The predicted molar refractivity (Wildman–Crippen MR) is 81.7 cm³/mol. The number of ether oxygens (including phenoxy) is 1. The third-order valence-corrected chi connectivity index (χ3v) is 3.45. The molecule has 1 aromatic carbocycles.